The van der Waals surface area contributed by atoms with Crippen LogP contribution in [0.15, 0.2) is 40.0 Å². The van der Waals surface area contributed by atoms with E-state index in [2.05, 4.69) is 47.4 Å². The van der Waals surface area contributed by atoms with E-state index in [0.717, 1.165) is 0 Å². The van der Waals surface area contributed by atoms with Gasteiger partial charge < -0.3 is 0 Å². The molecule has 0 fully saturated rings. The molecule has 1 aromatic carbocycles. The van der Waals surface area contributed by atoms with Crippen molar-refractivity contribution in [3.8, 4) is 0 Å². The van der Waals surface area contributed by atoms with E-state index >= 15 is 0 Å². The second-order valence-corrected chi connectivity index (χ2v) is 5.22. The molecule has 0 saturated carbocycles. The molecule has 2 rings (SSSR count). The molecule has 0 bridgehead atoms. The van der Waals surface area contributed by atoms with E-state index in [1.165, 1.54) is 14.7 Å². The van der Waals surface area contributed by atoms with Crippen LogP contribution in [0.3, 0.4) is 0 Å². The molecule has 1 aliphatic heterocycles. The molecule has 62 valence electrons. The molecule has 0 radical (unpaired) electrons. The number of benzene rings is 1. The molecule has 0 aromatic heterocycles. The van der Waals surface area contributed by atoms with Gasteiger partial charge in [-0.15, -0.1) is 0 Å². The Balaban J connectivity index is 2.48. The van der Waals surface area contributed by atoms with Crippen LogP contribution in [0.25, 0.3) is 6.08 Å². The van der Waals surface area contributed by atoms with Gasteiger partial charge in [-0.1, -0.05) is 0 Å². The van der Waals surface area contributed by atoms with Crippen molar-refractivity contribution in [1.29, 1.82) is 0 Å². The summed E-state index contributed by atoms with van der Waals surface area (Å²) >= 11 is 0.103. The van der Waals surface area contributed by atoms with Crippen LogP contribution in [-0.4, -0.2) is 0 Å². The zero-order valence-corrected chi connectivity index (χ0v) is 9.08. The Hall–Kier alpha value is -0.570. The fourth-order valence-electron chi connectivity index (χ4n) is 1.11. The molecule has 0 atom stereocenters. The van der Waals surface area contributed by atoms with Crippen molar-refractivity contribution in [1.82, 2.24) is 0 Å². The molecule has 0 unspecified atom stereocenters. The molecule has 0 spiro atoms. The van der Waals surface area contributed by atoms with Crippen LogP contribution in [0.2, 0.25) is 0 Å². The summed E-state index contributed by atoms with van der Waals surface area (Å²) in [5, 5.41) is 0. The summed E-state index contributed by atoms with van der Waals surface area (Å²) in [6.07, 6.45) is 4.42. The number of hydrogen-bond donors (Lipinski definition) is 0. The monoisotopic (exact) mass is 269 g/mol. The number of fused-ring (bicyclic) bond motifs is 1. The van der Waals surface area contributed by atoms with Crippen molar-refractivity contribution in [2.75, 3.05) is 0 Å². The standard InChI is InChI=1S/C11H10I/c1-9-6-7-10-4-2-3-5-11(10)12-8-9/h2-8H,1H3/q-1. The first-order chi connectivity index (χ1) is 5.86. The molecule has 12 heavy (non-hydrogen) atoms. The summed E-state index contributed by atoms with van der Waals surface area (Å²) in [4.78, 5) is 0. The molecule has 1 aromatic rings. The van der Waals surface area contributed by atoms with Crippen molar-refractivity contribution < 1.29 is 21.2 Å². The number of allylic oxidation sites excluding steroid dienone is 2. The maximum absolute atomic E-state index is 2.38. The van der Waals surface area contributed by atoms with Gasteiger partial charge in [0.25, 0.3) is 0 Å². The topological polar surface area (TPSA) is 0 Å². The summed E-state index contributed by atoms with van der Waals surface area (Å²) in [6.45, 7) is 2.17. The Bertz CT molecular complexity index is 348. The SMILES string of the molecule is CC1=C[I-]c2ccccc2C=C1. The fourth-order valence-corrected chi connectivity index (χ4v) is 3.28. The van der Waals surface area contributed by atoms with Gasteiger partial charge in [0.05, 0.1) is 0 Å². The van der Waals surface area contributed by atoms with Gasteiger partial charge in [0, 0.05) is 0 Å². The molecule has 0 saturated heterocycles. The molecular formula is C11H10I-. The third-order valence-corrected chi connectivity index (χ3v) is 4.72. The Morgan fingerprint density at radius 3 is 2.83 bits per heavy atom. The van der Waals surface area contributed by atoms with Crippen molar-refractivity contribution in [3.63, 3.8) is 0 Å². The summed E-state index contributed by atoms with van der Waals surface area (Å²) in [6, 6.07) is 8.66. The van der Waals surface area contributed by atoms with Gasteiger partial charge in [0.2, 0.25) is 0 Å². The second-order valence-electron chi connectivity index (χ2n) is 2.82. The van der Waals surface area contributed by atoms with Crippen molar-refractivity contribution in [2.24, 2.45) is 0 Å². The van der Waals surface area contributed by atoms with Gasteiger partial charge >= 0.3 is 83.3 Å². The molecule has 1 heterocycles. The van der Waals surface area contributed by atoms with Gasteiger partial charge in [0.15, 0.2) is 0 Å². The molecule has 0 amide bonds. The van der Waals surface area contributed by atoms with Crippen molar-refractivity contribution >= 4 is 6.08 Å². The summed E-state index contributed by atoms with van der Waals surface area (Å²) < 4.78 is 3.91. The van der Waals surface area contributed by atoms with E-state index in [9.17, 15) is 0 Å². The number of halogens is 1. The summed E-state index contributed by atoms with van der Waals surface area (Å²) in [5.41, 5.74) is 2.80. The average molecular weight is 269 g/mol. The van der Waals surface area contributed by atoms with Crippen LogP contribution < -0.4 is 21.2 Å². The van der Waals surface area contributed by atoms with Crippen LogP contribution in [-0.2, 0) is 0 Å². The normalized spacial score (nSPS) is 15.6. The Morgan fingerprint density at radius 1 is 1.08 bits per heavy atom. The summed E-state index contributed by atoms with van der Waals surface area (Å²) in [5.74, 6) is 0. The van der Waals surface area contributed by atoms with E-state index < -0.39 is 0 Å². The number of rotatable bonds is 0. The third kappa shape index (κ3) is 1.61. The predicted molar refractivity (Wildman–Crippen MR) is 47.9 cm³/mol. The zero-order chi connectivity index (χ0) is 8.39. The van der Waals surface area contributed by atoms with Gasteiger partial charge in [-0.2, -0.15) is 0 Å². The molecule has 1 heteroatoms. The van der Waals surface area contributed by atoms with Crippen LogP contribution in [0, 0.1) is 3.57 Å². The Kier molecular flexibility index (Phi) is 2.30. The number of hydrogen-bond acceptors (Lipinski definition) is 0. The second kappa shape index (κ2) is 3.44. The third-order valence-electron chi connectivity index (χ3n) is 1.78. The average Bonchev–Trinajstić information content (AvgIpc) is 2.29. The minimum absolute atomic E-state index is 0.103. The van der Waals surface area contributed by atoms with E-state index in [4.69, 9.17) is 0 Å². The van der Waals surface area contributed by atoms with E-state index in [1.54, 1.807) is 0 Å². The first-order valence-electron chi connectivity index (χ1n) is 3.93. The van der Waals surface area contributed by atoms with Gasteiger partial charge in [0.1, 0.15) is 0 Å². The summed E-state index contributed by atoms with van der Waals surface area (Å²) in [7, 11) is 0. The first kappa shape index (κ1) is 8.05. The van der Waals surface area contributed by atoms with Crippen molar-refractivity contribution in [3.05, 3.63) is 49.1 Å². The van der Waals surface area contributed by atoms with Gasteiger partial charge in [-0.25, -0.2) is 0 Å². The van der Waals surface area contributed by atoms with Gasteiger partial charge in [-0.3, -0.25) is 0 Å². The van der Waals surface area contributed by atoms with Crippen LogP contribution in [0.4, 0.5) is 0 Å². The predicted octanol–water partition coefficient (Wildman–Crippen LogP) is -0.124. The molecular weight excluding hydrogens is 259 g/mol. The molecule has 0 aliphatic carbocycles. The first-order valence-corrected chi connectivity index (χ1v) is 6.26. The Morgan fingerprint density at radius 2 is 1.92 bits per heavy atom. The fraction of sp³-hybridized carbons (Fsp3) is 0.0909. The van der Waals surface area contributed by atoms with Crippen LogP contribution in [0.1, 0.15) is 12.5 Å². The van der Waals surface area contributed by atoms with E-state index in [-0.39, 0.29) is 21.2 Å². The van der Waals surface area contributed by atoms with Crippen LogP contribution in [0.5, 0.6) is 0 Å². The minimum atomic E-state index is 0.103. The quantitative estimate of drug-likeness (QED) is 0.576. The van der Waals surface area contributed by atoms with E-state index in [0.29, 0.717) is 0 Å². The maximum atomic E-state index is 2.38. The van der Waals surface area contributed by atoms with Crippen molar-refractivity contribution in [2.45, 2.75) is 6.92 Å². The molecule has 1 aliphatic rings. The Labute approximate surface area is 83.3 Å². The molecule has 0 N–H and O–H groups in total. The van der Waals surface area contributed by atoms with Gasteiger partial charge in [-0.05, 0) is 0 Å². The van der Waals surface area contributed by atoms with Crippen LogP contribution >= 0.6 is 0 Å². The molecule has 0 nitrogen and oxygen atoms in total. The zero-order valence-electron chi connectivity index (χ0n) is 6.92. The van der Waals surface area contributed by atoms with E-state index in [1.807, 2.05) is 0 Å².